The molecule has 0 saturated carbocycles. The molecule has 0 spiro atoms. The van der Waals surface area contributed by atoms with Gasteiger partial charge in [0.05, 0.1) is 25.9 Å². The number of non-ortho nitro benzene ring substituents is 2. The van der Waals surface area contributed by atoms with Crippen LogP contribution in [-0.4, -0.2) is 25.5 Å². The molecular weight excluding hydrogens is 494 g/mol. The Morgan fingerprint density at radius 2 is 1.64 bits per heavy atom. The van der Waals surface area contributed by atoms with Gasteiger partial charge in [0.1, 0.15) is 0 Å². The second-order valence-electron chi connectivity index (χ2n) is 6.13. The van der Waals surface area contributed by atoms with Gasteiger partial charge in [-0.15, -0.1) is 0 Å². The maximum atomic E-state index is 13.5. The Labute approximate surface area is 181 Å². The number of hydrogen-bond donors (Lipinski definition) is 0. The van der Waals surface area contributed by atoms with Crippen LogP contribution < -0.4 is 4.74 Å². The van der Waals surface area contributed by atoms with Crippen molar-refractivity contribution < 1.29 is 45.7 Å². The molecule has 0 atom stereocenters. The molecule has 3 rings (SSSR count). The van der Waals surface area contributed by atoms with E-state index in [1.807, 2.05) is 0 Å². The minimum absolute atomic E-state index is 0.0627. The number of halogens is 7. The summed E-state index contributed by atoms with van der Waals surface area (Å²) in [5.74, 6) is -2.78. The second kappa shape index (κ2) is 7.88. The van der Waals surface area contributed by atoms with Gasteiger partial charge in [-0.05, 0) is 12.1 Å². The molecule has 0 bridgehead atoms. The quantitative estimate of drug-likeness (QED) is 0.261. The van der Waals surface area contributed by atoms with Gasteiger partial charge in [0.25, 0.3) is 11.4 Å². The van der Waals surface area contributed by atoms with Crippen LogP contribution in [0.25, 0.3) is 11.0 Å². The minimum Gasteiger partial charge on any atom is -0.408 e. The summed E-state index contributed by atoms with van der Waals surface area (Å²) >= 11 is 5.72. The summed E-state index contributed by atoms with van der Waals surface area (Å²) in [6, 6.07) is 2.30. The average Bonchev–Trinajstić information content (AvgIpc) is 3.08. The van der Waals surface area contributed by atoms with Gasteiger partial charge in [-0.2, -0.15) is 26.3 Å². The van der Waals surface area contributed by atoms with E-state index in [2.05, 4.69) is 9.72 Å². The number of alkyl halides is 6. The zero-order valence-electron chi connectivity index (χ0n) is 15.3. The van der Waals surface area contributed by atoms with Crippen LogP contribution >= 0.6 is 11.6 Å². The monoisotopic (exact) mass is 498 g/mol. The minimum atomic E-state index is -5.45. The lowest BCUT2D eigenvalue weighted by Crippen LogP contribution is -2.24. The predicted molar refractivity (Wildman–Crippen MR) is 95.9 cm³/mol. The van der Waals surface area contributed by atoms with Gasteiger partial charge in [0.2, 0.25) is 5.82 Å². The third kappa shape index (κ3) is 4.50. The lowest BCUT2D eigenvalue weighted by molar-refractivity contribution is -0.384. The fourth-order valence-corrected chi connectivity index (χ4v) is 2.90. The molecule has 0 saturated heterocycles. The van der Waals surface area contributed by atoms with Crippen LogP contribution in [0.3, 0.4) is 0 Å². The summed E-state index contributed by atoms with van der Waals surface area (Å²) in [5.41, 5.74) is -6.11. The summed E-state index contributed by atoms with van der Waals surface area (Å²) in [4.78, 5) is 35.2. The average molecular weight is 499 g/mol. The van der Waals surface area contributed by atoms with Crippen LogP contribution in [0.15, 0.2) is 30.3 Å². The standard InChI is InChI=1S/C16H5ClF6N4O6/c17-8-5-7(26(29)30)1-2-11(8)33-14(28)25-12-9(24-13(25)16(21,22)23)3-6(15(18,19)20)4-10(12)27(31)32/h1-5H. The fraction of sp³-hybridized carbons (Fsp3) is 0.125. The van der Waals surface area contributed by atoms with E-state index in [0.717, 1.165) is 12.1 Å². The van der Waals surface area contributed by atoms with E-state index in [-0.39, 0.29) is 12.1 Å². The molecule has 0 aliphatic heterocycles. The summed E-state index contributed by atoms with van der Waals surface area (Å²) < 4.78 is 83.9. The first kappa shape index (κ1) is 23.7. The van der Waals surface area contributed by atoms with Crippen molar-refractivity contribution in [3.8, 4) is 5.75 Å². The normalized spacial score (nSPS) is 12.1. The predicted octanol–water partition coefficient (Wildman–Crippen LogP) is 5.59. The van der Waals surface area contributed by atoms with Crippen molar-refractivity contribution in [1.82, 2.24) is 9.55 Å². The first-order valence-corrected chi connectivity index (χ1v) is 8.50. The van der Waals surface area contributed by atoms with Crippen LogP contribution in [-0.2, 0) is 12.4 Å². The lowest BCUT2D eigenvalue weighted by Gasteiger charge is -2.12. The smallest absolute Gasteiger partial charge is 0.408 e. The Bertz CT molecular complexity index is 1320. The van der Waals surface area contributed by atoms with Crippen molar-refractivity contribution in [2.45, 2.75) is 12.4 Å². The summed E-state index contributed by atoms with van der Waals surface area (Å²) in [7, 11) is 0. The third-order valence-corrected chi connectivity index (χ3v) is 4.31. The molecule has 0 radical (unpaired) electrons. The van der Waals surface area contributed by atoms with Crippen molar-refractivity contribution in [3.05, 3.63) is 67.0 Å². The highest BCUT2D eigenvalue weighted by Crippen LogP contribution is 2.40. The van der Waals surface area contributed by atoms with Crippen LogP contribution in [0, 0.1) is 20.2 Å². The van der Waals surface area contributed by atoms with E-state index in [1.54, 1.807) is 0 Å². The van der Waals surface area contributed by atoms with Crippen molar-refractivity contribution in [2.24, 2.45) is 0 Å². The first-order valence-electron chi connectivity index (χ1n) is 8.12. The number of carbonyl (C=O) groups is 1. The second-order valence-corrected chi connectivity index (χ2v) is 6.53. The molecule has 0 aliphatic rings. The number of nitro benzene ring substituents is 2. The molecule has 0 unspecified atom stereocenters. The molecule has 1 heterocycles. The van der Waals surface area contributed by atoms with Gasteiger partial charge in [-0.3, -0.25) is 20.2 Å². The molecule has 10 nitrogen and oxygen atoms in total. The molecule has 17 heteroatoms. The SMILES string of the molecule is O=C(Oc1ccc([N+](=O)[O-])cc1Cl)n1c(C(F)(F)F)nc2cc(C(F)(F)F)cc([N+](=O)[O-])c21. The Morgan fingerprint density at radius 3 is 2.12 bits per heavy atom. The van der Waals surface area contributed by atoms with Crippen molar-refractivity contribution in [2.75, 3.05) is 0 Å². The van der Waals surface area contributed by atoms with Crippen LogP contribution in [0.2, 0.25) is 5.02 Å². The number of carbonyl (C=O) groups excluding carboxylic acids is 1. The molecule has 174 valence electrons. The Morgan fingerprint density at radius 1 is 1.00 bits per heavy atom. The molecule has 2 aromatic carbocycles. The number of fused-ring (bicyclic) bond motifs is 1. The number of nitrogens with zero attached hydrogens (tertiary/aromatic N) is 4. The van der Waals surface area contributed by atoms with E-state index in [4.69, 9.17) is 11.6 Å². The van der Waals surface area contributed by atoms with E-state index >= 15 is 0 Å². The number of nitro groups is 2. The van der Waals surface area contributed by atoms with Gasteiger partial charge < -0.3 is 4.74 Å². The third-order valence-electron chi connectivity index (χ3n) is 4.02. The van der Waals surface area contributed by atoms with Gasteiger partial charge in [-0.25, -0.2) is 14.3 Å². The topological polar surface area (TPSA) is 130 Å². The number of hydrogen-bond acceptors (Lipinski definition) is 7. The summed E-state index contributed by atoms with van der Waals surface area (Å²) in [5, 5.41) is 21.5. The number of aromatic nitrogens is 2. The van der Waals surface area contributed by atoms with Gasteiger partial charge in [0.15, 0.2) is 11.3 Å². The number of ether oxygens (including phenoxy) is 1. The van der Waals surface area contributed by atoms with E-state index in [9.17, 15) is 51.4 Å². The molecule has 3 aromatic rings. The molecular formula is C16H5ClF6N4O6. The summed E-state index contributed by atoms with van der Waals surface area (Å²) in [6.07, 6.45) is -12.6. The number of imidazole rings is 1. The fourth-order valence-electron chi connectivity index (χ4n) is 2.69. The highest BCUT2D eigenvalue weighted by Gasteiger charge is 2.43. The molecule has 33 heavy (non-hydrogen) atoms. The van der Waals surface area contributed by atoms with Crippen molar-refractivity contribution in [3.63, 3.8) is 0 Å². The zero-order chi connectivity index (χ0) is 24.9. The van der Waals surface area contributed by atoms with Gasteiger partial charge >= 0.3 is 18.4 Å². The zero-order valence-corrected chi connectivity index (χ0v) is 16.0. The largest absolute Gasteiger partial charge is 0.450 e. The first-order chi connectivity index (χ1) is 15.1. The van der Waals surface area contributed by atoms with Crippen molar-refractivity contribution in [1.29, 1.82) is 0 Å². The van der Waals surface area contributed by atoms with Gasteiger partial charge in [0, 0.05) is 18.2 Å². The molecule has 0 fully saturated rings. The van der Waals surface area contributed by atoms with Crippen LogP contribution in [0.1, 0.15) is 11.4 Å². The van der Waals surface area contributed by atoms with Crippen LogP contribution in [0.5, 0.6) is 5.75 Å². The molecule has 0 N–H and O–H groups in total. The lowest BCUT2D eigenvalue weighted by atomic mass is 10.1. The van der Waals surface area contributed by atoms with E-state index < -0.39 is 77.4 Å². The maximum absolute atomic E-state index is 13.5. The number of benzene rings is 2. The van der Waals surface area contributed by atoms with E-state index in [1.165, 1.54) is 0 Å². The Kier molecular flexibility index (Phi) is 5.66. The molecule has 1 aromatic heterocycles. The maximum Gasteiger partial charge on any atom is 0.450 e. The number of rotatable bonds is 3. The molecule has 0 amide bonds. The Hall–Kier alpha value is -3.95. The van der Waals surface area contributed by atoms with Gasteiger partial charge in [-0.1, -0.05) is 11.6 Å². The van der Waals surface area contributed by atoms with E-state index in [0.29, 0.717) is 6.07 Å². The van der Waals surface area contributed by atoms with Crippen LogP contribution in [0.4, 0.5) is 42.5 Å². The highest BCUT2D eigenvalue weighted by atomic mass is 35.5. The van der Waals surface area contributed by atoms with Crippen molar-refractivity contribution >= 4 is 40.1 Å². The Balaban J connectivity index is 2.25. The summed E-state index contributed by atoms with van der Waals surface area (Å²) in [6.45, 7) is 0. The highest BCUT2D eigenvalue weighted by molar-refractivity contribution is 6.32. The molecule has 0 aliphatic carbocycles.